The lowest BCUT2D eigenvalue weighted by Crippen LogP contribution is -2.45. The van der Waals surface area contributed by atoms with Crippen LogP contribution in [0.1, 0.15) is 47.0 Å². The van der Waals surface area contributed by atoms with Gasteiger partial charge < -0.3 is 4.74 Å². The van der Waals surface area contributed by atoms with E-state index >= 15 is 0 Å². The van der Waals surface area contributed by atoms with Crippen molar-refractivity contribution in [1.29, 1.82) is 0 Å². The van der Waals surface area contributed by atoms with Gasteiger partial charge in [-0.15, -0.1) is 5.06 Å². The predicted octanol–water partition coefficient (Wildman–Crippen LogP) is 2.17. The zero-order valence-corrected chi connectivity index (χ0v) is 12.5. The highest BCUT2D eigenvalue weighted by molar-refractivity contribution is 5.20. The van der Waals surface area contributed by atoms with Crippen LogP contribution >= 0.6 is 0 Å². The lowest BCUT2D eigenvalue weighted by atomic mass is 9.70. The lowest BCUT2D eigenvalue weighted by Gasteiger charge is -2.38. The summed E-state index contributed by atoms with van der Waals surface area (Å²) in [5.74, 6) is 0.497. The van der Waals surface area contributed by atoms with Gasteiger partial charge in [0.2, 0.25) is 0 Å². The molecule has 0 aromatic heterocycles. The number of hydrogen-bond donors (Lipinski definition) is 0. The van der Waals surface area contributed by atoms with E-state index in [1.807, 2.05) is 5.06 Å². The van der Waals surface area contributed by atoms with E-state index in [0.29, 0.717) is 12.3 Å². The first-order chi connectivity index (χ1) is 9.21. The van der Waals surface area contributed by atoms with Gasteiger partial charge in [0, 0.05) is 12.3 Å². The molecule has 2 heterocycles. The van der Waals surface area contributed by atoms with Gasteiger partial charge in [0.1, 0.15) is 6.23 Å². The average Bonchev–Trinajstić information content (AvgIpc) is 2.94. The molecule has 0 radical (unpaired) electrons. The van der Waals surface area contributed by atoms with Crippen molar-refractivity contribution in [3.05, 3.63) is 10.1 Å². The summed E-state index contributed by atoms with van der Waals surface area (Å²) in [4.78, 5) is 16.6. The summed E-state index contributed by atoms with van der Waals surface area (Å²) in [7, 11) is 0. The standard InChI is InChI=1S/C14H22N2O4/c1-12(2)8-5-6-13(12,3)11-10(8)15-9(19-11)7-14(4,20-15)16(17)18/h8-11H,5-7H2,1-4H3/t8-,9+,10-,11-,13+,14+/m1/s1. The maximum Gasteiger partial charge on any atom is 0.341 e. The minimum absolute atomic E-state index is 0.151. The third-order valence-corrected chi connectivity index (χ3v) is 6.85. The fourth-order valence-electron chi connectivity index (χ4n) is 5.17. The second kappa shape index (κ2) is 3.36. The molecule has 0 aromatic carbocycles. The summed E-state index contributed by atoms with van der Waals surface area (Å²) in [6.45, 7) is 8.48. The second-order valence-corrected chi connectivity index (χ2v) is 7.87. The van der Waals surface area contributed by atoms with Gasteiger partial charge in [-0.05, 0) is 24.2 Å². The van der Waals surface area contributed by atoms with Gasteiger partial charge in [-0.3, -0.25) is 10.1 Å². The minimum atomic E-state index is -1.33. The van der Waals surface area contributed by atoms with E-state index in [0.717, 1.165) is 6.42 Å². The summed E-state index contributed by atoms with van der Waals surface area (Å²) in [5.41, 5.74) is -0.978. The molecule has 2 aliphatic heterocycles. The van der Waals surface area contributed by atoms with Crippen LogP contribution in [-0.2, 0) is 9.57 Å². The Balaban J connectivity index is 1.68. The summed E-state index contributed by atoms with van der Waals surface area (Å²) in [6, 6.07) is 0.176. The van der Waals surface area contributed by atoms with Crippen LogP contribution in [0.5, 0.6) is 0 Å². The van der Waals surface area contributed by atoms with Crippen molar-refractivity contribution in [2.45, 2.75) is 71.1 Å². The van der Waals surface area contributed by atoms with Crippen molar-refractivity contribution in [1.82, 2.24) is 5.06 Å². The molecule has 0 N–H and O–H groups in total. The Morgan fingerprint density at radius 3 is 2.65 bits per heavy atom. The van der Waals surface area contributed by atoms with E-state index in [1.165, 1.54) is 6.42 Å². The van der Waals surface area contributed by atoms with Gasteiger partial charge in [-0.2, -0.15) is 0 Å². The molecule has 20 heavy (non-hydrogen) atoms. The van der Waals surface area contributed by atoms with Crippen molar-refractivity contribution < 1.29 is 14.5 Å². The number of nitro groups is 1. The van der Waals surface area contributed by atoms with Gasteiger partial charge in [-0.25, -0.2) is 4.84 Å². The van der Waals surface area contributed by atoms with Crippen molar-refractivity contribution in [3.63, 3.8) is 0 Å². The first-order valence-electron chi connectivity index (χ1n) is 7.48. The molecule has 2 saturated carbocycles. The topological polar surface area (TPSA) is 64.8 Å². The van der Waals surface area contributed by atoms with Gasteiger partial charge in [0.25, 0.3) is 0 Å². The third kappa shape index (κ3) is 1.18. The second-order valence-electron chi connectivity index (χ2n) is 7.87. The largest absolute Gasteiger partial charge is 0.355 e. The van der Waals surface area contributed by atoms with Crippen molar-refractivity contribution >= 4 is 0 Å². The lowest BCUT2D eigenvalue weighted by molar-refractivity contribution is -0.634. The molecule has 4 fully saturated rings. The number of fused-ring (bicyclic) bond motifs is 7. The number of rotatable bonds is 1. The third-order valence-electron chi connectivity index (χ3n) is 6.85. The van der Waals surface area contributed by atoms with Gasteiger partial charge in [0.15, 0.2) is 0 Å². The maximum atomic E-state index is 11.2. The van der Waals surface area contributed by atoms with Gasteiger partial charge in [0.05, 0.1) is 23.5 Å². The molecule has 112 valence electrons. The minimum Gasteiger partial charge on any atom is -0.355 e. The van der Waals surface area contributed by atoms with Gasteiger partial charge in [-0.1, -0.05) is 20.8 Å². The predicted molar refractivity (Wildman–Crippen MR) is 70.0 cm³/mol. The zero-order valence-electron chi connectivity index (χ0n) is 12.5. The Morgan fingerprint density at radius 1 is 1.30 bits per heavy atom. The molecule has 6 heteroatoms. The Hall–Kier alpha value is -0.720. The van der Waals surface area contributed by atoms with Crippen LogP contribution in [0.3, 0.4) is 0 Å². The van der Waals surface area contributed by atoms with Crippen LogP contribution in [0.25, 0.3) is 0 Å². The fourth-order valence-corrected chi connectivity index (χ4v) is 5.17. The first kappa shape index (κ1) is 13.0. The van der Waals surface area contributed by atoms with E-state index < -0.39 is 5.72 Å². The zero-order chi connectivity index (χ0) is 14.5. The maximum absolute atomic E-state index is 11.2. The highest BCUT2D eigenvalue weighted by Gasteiger charge is 2.74. The molecule has 4 rings (SSSR count). The molecule has 2 aliphatic carbocycles. The Morgan fingerprint density at radius 2 is 2.00 bits per heavy atom. The van der Waals surface area contributed by atoms with Crippen molar-refractivity contribution in [3.8, 4) is 0 Å². The SMILES string of the molecule is CC1(C)[C@@H]2CC[C@@]1(C)[C@@H]1O[C@H]3C[C@@](C)([N+](=O)[O-])ON3[C@H]21. The highest BCUT2D eigenvalue weighted by atomic mass is 16.8. The molecule has 6 atom stereocenters. The highest BCUT2D eigenvalue weighted by Crippen LogP contribution is 2.70. The van der Waals surface area contributed by atoms with Crippen molar-refractivity contribution in [2.24, 2.45) is 16.7 Å². The summed E-state index contributed by atoms with van der Waals surface area (Å²) < 4.78 is 6.22. The van der Waals surface area contributed by atoms with E-state index in [-0.39, 0.29) is 34.1 Å². The number of nitrogens with zero attached hydrogens (tertiary/aromatic N) is 2. The molecule has 4 aliphatic rings. The number of hydroxylamine groups is 2. The number of ether oxygens (including phenoxy) is 1. The molecule has 0 unspecified atom stereocenters. The quantitative estimate of drug-likeness (QED) is 0.544. The number of hydrogen-bond acceptors (Lipinski definition) is 5. The van der Waals surface area contributed by atoms with Crippen LogP contribution < -0.4 is 0 Å². The molecule has 2 bridgehead atoms. The Labute approximate surface area is 118 Å². The van der Waals surface area contributed by atoms with Crippen LogP contribution in [0.4, 0.5) is 0 Å². The molecular weight excluding hydrogens is 260 g/mol. The molecule has 0 aromatic rings. The monoisotopic (exact) mass is 282 g/mol. The van der Waals surface area contributed by atoms with Crippen molar-refractivity contribution in [2.75, 3.05) is 0 Å². The average molecular weight is 282 g/mol. The first-order valence-corrected chi connectivity index (χ1v) is 7.48. The summed E-state index contributed by atoms with van der Waals surface area (Å²) in [5, 5.41) is 13.0. The smallest absolute Gasteiger partial charge is 0.341 e. The van der Waals surface area contributed by atoms with Crippen LogP contribution in [0.2, 0.25) is 0 Å². The molecule has 6 nitrogen and oxygen atoms in total. The summed E-state index contributed by atoms with van der Waals surface area (Å²) in [6.07, 6.45) is 2.55. The molecule has 0 amide bonds. The molecule has 0 spiro atoms. The molecule has 2 saturated heterocycles. The van der Waals surface area contributed by atoms with E-state index in [4.69, 9.17) is 9.57 Å². The van der Waals surface area contributed by atoms with E-state index in [9.17, 15) is 10.1 Å². The Bertz CT molecular complexity index is 496. The van der Waals surface area contributed by atoms with Crippen LogP contribution in [0.15, 0.2) is 0 Å². The van der Waals surface area contributed by atoms with Crippen LogP contribution in [-0.4, -0.2) is 34.1 Å². The fraction of sp³-hybridized carbons (Fsp3) is 1.00. The summed E-state index contributed by atoms with van der Waals surface area (Å²) >= 11 is 0. The normalized spacial score (nSPS) is 56.0. The van der Waals surface area contributed by atoms with E-state index in [1.54, 1.807) is 6.92 Å². The van der Waals surface area contributed by atoms with Crippen LogP contribution in [0, 0.1) is 26.9 Å². The Kier molecular flexibility index (Phi) is 2.18. The van der Waals surface area contributed by atoms with Gasteiger partial charge >= 0.3 is 5.72 Å². The van der Waals surface area contributed by atoms with E-state index in [2.05, 4.69) is 20.8 Å². The molecular formula is C14H22N2O4.